The van der Waals surface area contributed by atoms with Crippen LogP contribution in [0.4, 0.5) is 0 Å². The minimum atomic E-state index is -0.0960. The zero-order valence-corrected chi connectivity index (χ0v) is 19.0. The predicted molar refractivity (Wildman–Crippen MR) is 124 cm³/mol. The van der Waals surface area contributed by atoms with Crippen molar-refractivity contribution in [1.82, 2.24) is 30.4 Å². The second-order valence-corrected chi connectivity index (χ2v) is 8.46. The minimum Gasteiger partial charge on any atom is -0.273 e. The van der Waals surface area contributed by atoms with E-state index in [1.807, 2.05) is 35.9 Å². The Bertz CT molecular complexity index is 1240. The van der Waals surface area contributed by atoms with Gasteiger partial charge in [-0.25, -0.2) is 4.68 Å². The molecule has 9 heteroatoms. The summed E-state index contributed by atoms with van der Waals surface area (Å²) in [6.45, 7) is 4.66. The lowest BCUT2D eigenvalue weighted by Gasteiger charge is -2.08. The summed E-state index contributed by atoms with van der Waals surface area (Å²) in [5.74, 6) is 0.468. The first-order chi connectivity index (χ1) is 15.7. The number of tetrazole rings is 1. The highest BCUT2D eigenvalue weighted by atomic mass is 32.1. The van der Waals surface area contributed by atoms with E-state index in [-0.39, 0.29) is 5.91 Å². The highest BCUT2D eigenvalue weighted by Gasteiger charge is 2.11. The summed E-state index contributed by atoms with van der Waals surface area (Å²) in [5.41, 5.74) is 4.10. The van der Waals surface area contributed by atoms with Crippen molar-refractivity contribution in [3.8, 4) is 22.5 Å². The summed E-state index contributed by atoms with van der Waals surface area (Å²) in [5, 5.41) is 20.1. The number of benzene rings is 2. The largest absolute Gasteiger partial charge is 0.273 e. The molecule has 32 heavy (non-hydrogen) atoms. The standard InChI is InChI=1S/C23H25N7OS/c1-3-7-20(31)24-23-30(27-21(32-23)8-4-2)15-16-11-13-17(14-12-16)18-9-5-6-10-19(18)22-25-28-29-26-22/h5-6,9-14H,3-4,7-8,15H2,1-2H3,(H,25,26,28,29). The third-order valence-electron chi connectivity index (χ3n) is 4.92. The molecule has 164 valence electrons. The van der Waals surface area contributed by atoms with Crippen LogP contribution >= 0.6 is 11.3 Å². The fourth-order valence-corrected chi connectivity index (χ4v) is 4.41. The van der Waals surface area contributed by atoms with E-state index >= 15 is 0 Å². The number of hydrogen-bond acceptors (Lipinski definition) is 6. The number of nitrogens with zero attached hydrogens (tertiary/aromatic N) is 6. The van der Waals surface area contributed by atoms with Gasteiger partial charge in [0.15, 0.2) is 0 Å². The molecule has 0 unspecified atom stereocenters. The van der Waals surface area contributed by atoms with Crippen LogP contribution in [0.5, 0.6) is 0 Å². The highest BCUT2D eigenvalue weighted by Crippen LogP contribution is 2.29. The van der Waals surface area contributed by atoms with Crippen molar-refractivity contribution in [3.63, 3.8) is 0 Å². The van der Waals surface area contributed by atoms with Crippen molar-refractivity contribution >= 4 is 17.2 Å². The molecule has 0 aliphatic carbocycles. The molecule has 0 saturated heterocycles. The van der Waals surface area contributed by atoms with Gasteiger partial charge in [-0.2, -0.15) is 15.3 Å². The SMILES string of the molecule is CCCC(=O)N=c1sc(CCC)nn1Cc1ccc(-c2ccccc2-c2nn[nH]n2)cc1. The maximum atomic E-state index is 12.1. The lowest BCUT2D eigenvalue weighted by Crippen LogP contribution is -2.19. The lowest BCUT2D eigenvalue weighted by molar-refractivity contribution is -0.118. The van der Waals surface area contributed by atoms with E-state index in [2.05, 4.69) is 56.8 Å². The molecule has 2 heterocycles. The number of rotatable bonds is 8. The van der Waals surface area contributed by atoms with Gasteiger partial charge in [-0.15, -0.1) is 10.2 Å². The average Bonchev–Trinajstić information content (AvgIpc) is 3.46. The molecule has 4 rings (SSSR count). The minimum absolute atomic E-state index is 0.0960. The molecule has 2 aromatic carbocycles. The van der Waals surface area contributed by atoms with Gasteiger partial charge in [-0.05, 0) is 34.7 Å². The molecule has 4 aromatic rings. The van der Waals surface area contributed by atoms with Gasteiger partial charge in [0.2, 0.25) is 16.5 Å². The second-order valence-electron chi connectivity index (χ2n) is 7.42. The summed E-state index contributed by atoms with van der Waals surface area (Å²) < 4.78 is 1.84. The van der Waals surface area contributed by atoms with E-state index in [0.717, 1.165) is 46.5 Å². The van der Waals surface area contributed by atoms with Crippen LogP contribution in [0.25, 0.3) is 22.5 Å². The number of amides is 1. The fraction of sp³-hybridized carbons (Fsp3) is 0.304. The first-order valence-corrected chi connectivity index (χ1v) is 11.6. The molecule has 0 radical (unpaired) electrons. The fourth-order valence-electron chi connectivity index (χ4n) is 3.40. The van der Waals surface area contributed by atoms with Gasteiger partial charge in [-0.1, -0.05) is 73.7 Å². The smallest absolute Gasteiger partial charge is 0.248 e. The molecule has 0 atom stereocenters. The van der Waals surface area contributed by atoms with Gasteiger partial charge in [-0.3, -0.25) is 4.79 Å². The molecule has 8 nitrogen and oxygen atoms in total. The Balaban J connectivity index is 1.61. The van der Waals surface area contributed by atoms with Crippen molar-refractivity contribution in [3.05, 3.63) is 63.9 Å². The Morgan fingerprint density at radius 2 is 1.84 bits per heavy atom. The quantitative estimate of drug-likeness (QED) is 0.440. The summed E-state index contributed by atoms with van der Waals surface area (Å²) in [4.78, 5) is 17.1. The van der Waals surface area contributed by atoms with Crippen LogP contribution in [0, 0.1) is 0 Å². The molecule has 2 aromatic heterocycles. The van der Waals surface area contributed by atoms with Crippen LogP contribution in [0.2, 0.25) is 0 Å². The van der Waals surface area contributed by atoms with Crippen molar-refractivity contribution in [2.45, 2.75) is 46.1 Å². The Morgan fingerprint density at radius 1 is 1.06 bits per heavy atom. The van der Waals surface area contributed by atoms with Crippen LogP contribution in [-0.2, 0) is 17.8 Å². The lowest BCUT2D eigenvalue weighted by atomic mass is 9.98. The van der Waals surface area contributed by atoms with Crippen LogP contribution in [0.15, 0.2) is 53.5 Å². The van der Waals surface area contributed by atoms with Crippen LogP contribution < -0.4 is 4.80 Å². The third-order valence-corrected chi connectivity index (χ3v) is 5.93. The second kappa shape index (κ2) is 10.2. The van der Waals surface area contributed by atoms with E-state index in [1.54, 1.807) is 0 Å². The molecule has 0 saturated carbocycles. The Labute approximate surface area is 190 Å². The Kier molecular flexibility index (Phi) is 6.96. The van der Waals surface area contributed by atoms with Crippen molar-refractivity contribution in [2.75, 3.05) is 0 Å². The van der Waals surface area contributed by atoms with Crippen molar-refractivity contribution in [1.29, 1.82) is 0 Å². The molecule has 0 aliphatic heterocycles. The normalized spacial score (nSPS) is 11.8. The first kappa shape index (κ1) is 21.8. The van der Waals surface area contributed by atoms with Crippen LogP contribution in [0.1, 0.15) is 43.7 Å². The van der Waals surface area contributed by atoms with E-state index < -0.39 is 0 Å². The van der Waals surface area contributed by atoms with Gasteiger partial charge in [0.05, 0.1) is 6.54 Å². The maximum Gasteiger partial charge on any atom is 0.248 e. The van der Waals surface area contributed by atoms with Crippen molar-refractivity contribution in [2.24, 2.45) is 4.99 Å². The number of carbonyl (C=O) groups excluding carboxylic acids is 1. The molecule has 1 amide bonds. The van der Waals surface area contributed by atoms with E-state index in [4.69, 9.17) is 5.10 Å². The van der Waals surface area contributed by atoms with Crippen LogP contribution in [-0.4, -0.2) is 36.3 Å². The zero-order chi connectivity index (χ0) is 22.3. The molecular formula is C23H25N7OS. The highest BCUT2D eigenvalue weighted by molar-refractivity contribution is 7.08. The third kappa shape index (κ3) is 5.05. The first-order valence-electron chi connectivity index (χ1n) is 10.7. The summed E-state index contributed by atoms with van der Waals surface area (Å²) in [7, 11) is 0. The number of aromatic nitrogens is 6. The van der Waals surface area contributed by atoms with Crippen LogP contribution in [0.3, 0.4) is 0 Å². The summed E-state index contributed by atoms with van der Waals surface area (Å²) in [6.07, 6.45) is 3.13. The molecule has 1 N–H and O–H groups in total. The maximum absolute atomic E-state index is 12.1. The monoisotopic (exact) mass is 447 g/mol. The number of hydrogen-bond donors (Lipinski definition) is 1. The molecule has 0 bridgehead atoms. The van der Waals surface area contributed by atoms with E-state index in [1.165, 1.54) is 11.3 Å². The molecule has 0 aliphatic rings. The molecule has 0 fully saturated rings. The topological polar surface area (TPSA) is 102 Å². The summed E-state index contributed by atoms with van der Waals surface area (Å²) in [6, 6.07) is 16.3. The predicted octanol–water partition coefficient (Wildman–Crippen LogP) is 4.02. The molecule has 0 spiro atoms. The Morgan fingerprint density at radius 3 is 2.53 bits per heavy atom. The molecular weight excluding hydrogens is 422 g/mol. The summed E-state index contributed by atoms with van der Waals surface area (Å²) >= 11 is 1.50. The van der Waals surface area contributed by atoms with Crippen molar-refractivity contribution < 1.29 is 4.79 Å². The number of aryl methyl sites for hydroxylation is 1. The van der Waals surface area contributed by atoms with Gasteiger partial charge in [0.1, 0.15) is 5.01 Å². The number of aromatic amines is 1. The average molecular weight is 448 g/mol. The zero-order valence-electron chi connectivity index (χ0n) is 18.2. The number of carbonyl (C=O) groups is 1. The van der Waals surface area contributed by atoms with Gasteiger partial charge in [0.25, 0.3) is 0 Å². The van der Waals surface area contributed by atoms with E-state index in [9.17, 15) is 4.79 Å². The van der Waals surface area contributed by atoms with Gasteiger partial charge < -0.3 is 0 Å². The number of H-pyrrole nitrogens is 1. The Hall–Kier alpha value is -3.46. The van der Waals surface area contributed by atoms with E-state index in [0.29, 0.717) is 23.6 Å². The number of nitrogens with one attached hydrogen (secondary N) is 1. The van der Waals surface area contributed by atoms with Gasteiger partial charge >= 0.3 is 0 Å². The van der Waals surface area contributed by atoms with Gasteiger partial charge in [0, 0.05) is 18.4 Å².